The van der Waals surface area contributed by atoms with Crippen LogP contribution < -0.4 is 0 Å². The van der Waals surface area contributed by atoms with Gasteiger partial charge < -0.3 is 0 Å². The molecule has 0 unspecified atom stereocenters. The van der Waals surface area contributed by atoms with E-state index in [1.165, 1.54) is 4.21 Å². The van der Waals surface area contributed by atoms with Gasteiger partial charge >= 0.3 is 0 Å². The zero-order valence-corrected chi connectivity index (χ0v) is 8.22. The van der Waals surface area contributed by atoms with Gasteiger partial charge in [-0.25, -0.2) is 0 Å². The van der Waals surface area contributed by atoms with Crippen LogP contribution in [-0.2, 0) is 0 Å². The van der Waals surface area contributed by atoms with Crippen molar-refractivity contribution in [1.82, 2.24) is 0 Å². The topological polar surface area (TPSA) is 23.8 Å². The van der Waals surface area contributed by atoms with Crippen LogP contribution in [0.2, 0.25) is 0 Å². The van der Waals surface area contributed by atoms with Crippen molar-refractivity contribution >= 4 is 39.0 Å². The van der Waals surface area contributed by atoms with Crippen molar-refractivity contribution in [3.63, 3.8) is 0 Å². The van der Waals surface area contributed by atoms with Crippen LogP contribution in [0, 0.1) is 11.3 Å². The van der Waals surface area contributed by atoms with Crippen LogP contribution >= 0.6 is 39.0 Å². The van der Waals surface area contributed by atoms with Gasteiger partial charge in [-0.2, -0.15) is 5.26 Å². The smallest absolute Gasteiger partial charge is 0.0863 e. The van der Waals surface area contributed by atoms with E-state index in [2.05, 4.69) is 22.0 Å². The molecular formula is C6H4BrNS2. The minimum Gasteiger partial charge on any atom is -0.197 e. The standard InChI is InChI=1S/C6H4BrNS2/c7-5-3-6(10-4-5)9-2-1-8/h3-4H,2H2. The molecule has 1 heterocycles. The Morgan fingerprint density at radius 3 is 3.10 bits per heavy atom. The van der Waals surface area contributed by atoms with Crippen molar-refractivity contribution in [2.24, 2.45) is 0 Å². The number of nitrogens with zero attached hydrogens (tertiary/aromatic N) is 1. The normalized spacial score (nSPS) is 9.20. The van der Waals surface area contributed by atoms with Gasteiger partial charge in [0.25, 0.3) is 0 Å². The second-order valence-electron chi connectivity index (χ2n) is 1.53. The van der Waals surface area contributed by atoms with Crippen LogP contribution in [0.25, 0.3) is 0 Å². The maximum Gasteiger partial charge on any atom is 0.0863 e. The highest BCUT2D eigenvalue weighted by Gasteiger charge is 1.95. The fourth-order valence-corrected chi connectivity index (χ4v) is 2.79. The van der Waals surface area contributed by atoms with E-state index in [-0.39, 0.29) is 0 Å². The molecule has 52 valence electrons. The highest BCUT2D eigenvalue weighted by Crippen LogP contribution is 2.28. The summed E-state index contributed by atoms with van der Waals surface area (Å²) in [6.45, 7) is 0. The Balaban J connectivity index is 2.52. The first-order valence-electron chi connectivity index (χ1n) is 2.56. The molecule has 1 rings (SSSR count). The molecule has 0 radical (unpaired) electrons. The lowest BCUT2D eigenvalue weighted by molar-refractivity contribution is 1.49. The SMILES string of the molecule is N#CCSc1cc(Br)cs1. The van der Waals surface area contributed by atoms with Gasteiger partial charge in [0, 0.05) is 9.85 Å². The molecule has 0 aliphatic rings. The van der Waals surface area contributed by atoms with Crippen LogP contribution in [-0.4, -0.2) is 5.75 Å². The van der Waals surface area contributed by atoms with Gasteiger partial charge in [0.2, 0.25) is 0 Å². The number of thioether (sulfide) groups is 1. The van der Waals surface area contributed by atoms with Crippen molar-refractivity contribution in [3.05, 3.63) is 15.9 Å². The Kier molecular flexibility index (Phi) is 3.26. The Labute approximate surface area is 76.2 Å². The maximum absolute atomic E-state index is 8.26. The van der Waals surface area contributed by atoms with E-state index in [4.69, 9.17) is 5.26 Å². The molecule has 0 aliphatic heterocycles. The number of hydrogen-bond acceptors (Lipinski definition) is 3. The van der Waals surface area contributed by atoms with Crippen LogP contribution in [0.5, 0.6) is 0 Å². The lowest BCUT2D eigenvalue weighted by Crippen LogP contribution is -1.64. The summed E-state index contributed by atoms with van der Waals surface area (Å²) in [5.41, 5.74) is 0. The molecule has 0 saturated heterocycles. The first-order chi connectivity index (χ1) is 4.83. The van der Waals surface area contributed by atoms with Crippen molar-refractivity contribution in [2.45, 2.75) is 4.21 Å². The molecule has 10 heavy (non-hydrogen) atoms. The Bertz CT molecular complexity index is 250. The van der Waals surface area contributed by atoms with E-state index in [1.54, 1.807) is 23.1 Å². The molecule has 4 heteroatoms. The largest absolute Gasteiger partial charge is 0.197 e. The second kappa shape index (κ2) is 4.02. The Morgan fingerprint density at radius 2 is 2.60 bits per heavy atom. The number of hydrogen-bond donors (Lipinski definition) is 0. The molecule has 0 spiro atoms. The molecule has 0 amide bonds. The van der Waals surface area contributed by atoms with Gasteiger partial charge in [-0.05, 0) is 22.0 Å². The zero-order chi connectivity index (χ0) is 7.40. The molecule has 0 N–H and O–H groups in total. The minimum absolute atomic E-state index is 0.535. The van der Waals surface area contributed by atoms with Gasteiger partial charge in [0.05, 0.1) is 16.0 Å². The van der Waals surface area contributed by atoms with Gasteiger partial charge in [-0.1, -0.05) is 0 Å². The van der Waals surface area contributed by atoms with E-state index in [1.807, 2.05) is 11.4 Å². The van der Waals surface area contributed by atoms with Crippen molar-refractivity contribution in [3.8, 4) is 6.07 Å². The van der Waals surface area contributed by atoms with Crippen LogP contribution in [0.15, 0.2) is 20.1 Å². The second-order valence-corrected chi connectivity index (χ2v) is 4.63. The molecule has 0 atom stereocenters. The summed E-state index contributed by atoms with van der Waals surface area (Å²) in [5.74, 6) is 0.535. The number of thiophene rings is 1. The minimum atomic E-state index is 0.535. The van der Waals surface area contributed by atoms with E-state index in [9.17, 15) is 0 Å². The summed E-state index contributed by atoms with van der Waals surface area (Å²) in [4.78, 5) is 0. The van der Waals surface area contributed by atoms with Gasteiger partial charge in [-0.3, -0.25) is 0 Å². The quantitative estimate of drug-likeness (QED) is 0.734. The molecule has 1 aromatic heterocycles. The van der Waals surface area contributed by atoms with Crippen molar-refractivity contribution in [1.29, 1.82) is 5.26 Å². The molecule has 0 fully saturated rings. The molecule has 0 saturated carbocycles. The van der Waals surface area contributed by atoms with Crippen LogP contribution in [0.3, 0.4) is 0 Å². The first kappa shape index (κ1) is 8.12. The zero-order valence-electron chi connectivity index (χ0n) is 5.00. The van der Waals surface area contributed by atoms with Crippen molar-refractivity contribution in [2.75, 3.05) is 5.75 Å². The summed E-state index contributed by atoms with van der Waals surface area (Å²) in [7, 11) is 0. The fourth-order valence-electron chi connectivity index (χ4n) is 0.474. The number of rotatable bonds is 2. The molecule has 0 aromatic carbocycles. The lowest BCUT2D eigenvalue weighted by atomic mass is 10.7. The highest BCUT2D eigenvalue weighted by atomic mass is 79.9. The average molecular weight is 234 g/mol. The third kappa shape index (κ3) is 2.33. The van der Waals surface area contributed by atoms with Gasteiger partial charge in [0.1, 0.15) is 0 Å². The highest BCUT2D eigenvalue weighted by molar-refractivity contribution is 9.10. The van der Waals surface area contributed by atoms with Crippen molar-refractivity contribution < 1.29 is 0 Å². The lowest BCUT2D eigenvalue weighted by Gasteiger charge is -1.84. The molecule has 1 aromatic rings. The molecular weight excluding hydrogens is 230 g/mol. The van der Waals surface area contributed by atoms with Crippen LogP contribution in [0.4, 0.5) is 0 Å². The van der Waals surface area contributed by atoms with E-state index >= 15 is 0 Å². The summed E-state index contributed by atoms with van der Waals surface area (Å²) in [6, 6.07) is 4.10. The van der Waals surface area contributed by atoms with E-state index in [0.29, 0.717) is 5.75 Å². The monoisotopic (exact) mass is 233 g/mol. The predicted molar refractivity (Wildman–Crippen MR) is 48.4 cm³/mol. The van der Waals surface area contributed by atoms with Gasteiger partial charge in [-0.15, -0.1) is 23.1 Å². The third-order valence-electron chi connectivity index (χ3n) is 0.822. The number of nitriles is 1. The molecule has 0 aliphatic carbocycles. The maximum atomic E-state index is 8.26. The van der Waals surface area contributed by atoms with E-state index < -0.39 is 0 Å². The summed E-state index contributed by atoms with van der Waals surface area (Å²) >= 11 is 6.56. The summed E-state index contributed by atoms with van der Waals surface area (Å²) in [6.07, 6.45) is 0. The predicted octanol–water partition coefficient (Wildman–Crippen LogP) is 3.13. The van der Waals surface area contributed by atoms with Crippen LogP contribution in [0.1, 0.15) is 0 Å². The Morgan fingerprint density at radius 1 is 1.80 bits per heavy atom. The summed E-state index contributed by atoms with van der Waals surface area (Å²) < 4.78 is 2.28. The van der Waals surface area contributed by atoms with Gasteiger partial charge in [0.15, 0.2) is 0 Å². The molecule has 0 bridgehead atoms. The fraction of sp³-hybridized carbons (Fsp3) is 0.167. The third-order valence-corrected chi connectivity index (χ3v) is 3.62. The molecule has 1 nitrogen and oxygen atoms in total. The summed E-state index contributed by atoms with van der Waals surface area (Å²) in [5, 5.41) is 10.3. The number of halogens is 1. The average Bonchev–Trinajstić information content (AvgIpc) is 2.31. The first-order valence-corrected chi connectivity index (χ1v) is 5.22. The Hall–Kier alpha value is 0.0200. The van der Waals surface area contributed by atoms with E-state index in [0.717, 1.165) is 4.47 Å².